The van der Waals surface area contributed by atoms with E-state index in [1.807, 2.05) is 18.7 Å². The molecule has 0 atom stereocenters. The second-order valence-electron chi connectivity index (χ2n) is 10.0. The van der Waals surface area contributed by atoms with Crippen molar-refractivity contribution >= 4 is 50.2 Å². The quantitative estimate of drug-likeness (QED) is 0.409. The zero-order chi connectivity index (χ0) is 27.9. The van der Waals surface area contributed by atoms with E-state index in [0.717, 1.165) is 23.5 Å². The van der Waals surface area contributed by atoms with E-state index in [4.69, 9.17) is 5.73 Å². The Morgan fingerprint density at radius 3 is 2.44 bits per heavy atom. The van der Waals surface area contributed by atoms with Gasteiger partial charge in [0.05, 0.1) is 24.0 Å². The molecule has 206 valence electrons. The lowest BCUT2D eigenvalue weighted by atomic mass is 10.1. The summed E-state index contributed by atoms with van der Waals surface area (Å²) in [5, 5.41) is 3.49. The highest BCUT2D eigenvalue weighted by Crippen LogP contribution is 2.31. The Labute approximate surface area is 228 Å². The lowest BCUT2D eigenvalue weighted by Crippen LogP contribution is -2.42. The molecule has 10 nitrogen and oxygen atoms in total. The van der Waals surface area contributed by atoms with Gasteiger partial charge in [-0.15, -0.1) is 0 Å². The third-order valence-corrected chi connectivity index (χ3v) is 9.47. The molecule has 1 aromatic carbocycles. The van der Waals surface area contributed by atoms with Crippen LogP contribution in [0.3, 0.4) is 0 Å². The molecule has 39 heavy (non-hydrogen) atoms. The summed E-state index contributed by atoms with van der Waals surface area (Å²) in [7, 11) is -3.73. The Bertz CT molecular complexity index is 1510. The number of nitrogens with zero attached hydrogens (tertiary/aromatic N) is 5. The highest BCUT2D eigenvalue weighted by molar-refractivity contribution is 7.89. The predicted octanol–water partition coefficient (Wildman–Crippen LogP) is 3.52. The van der Waals surface area contributed by atoms with Crippen LogP contribution in [0.25, 0.3) is 0 Å². The minimum atomic E-state index is -3.73. The molecule has 0 aliphatic carbocycles. The van der Waals surface area contributed by atoms with Crippen LogP contribution in [0, 0.1) is 11.6 Å². The molecular formula is C25H27F2N7O3S2. The minimum Gasteiger partial charge on any atom is -0.382 e. The number of carbonyl (C=O) groups excluding carboxylic acids is 1. The molecule has 0 radical (unpaired) electrons. The summed E-state index contributed by atoms with van der Waals surface area (Å²) in [4.78, 5) is 27.5. The fraction of sp³-hybridized carbons (Fsp3) is 0.360. The summed E-state index contributed by atoms with van der Waals surface area (Å²) >= 11 is 0.905. The number of aromatic nitrogens is 2. The van der Waals surface area contributed by atoms with Crippen LogP contribution in [-0.2, 0) is 10.0 Å². The standard InChI is InChI=1S/C25H27F2N7O3S2/c1-25(2)13-33(14-30-25)19-7-6-16(12-29-19)39(36,37)34-10-8-15(9-11-34)31-24-32-23(28)22(38-24)21(35)20-17(26)4-3-5-18(20)27/h3-7,12,14-15H,8-11,13,28H2,1-2H3,(H,31,32). The van der Waals surface area contributed by atoms with Crippen molar-refractivity contribution in [2.45, 2.75) is 43.2 Å². The number of benzene rings is 1. The fourth-order valence-corrected chi connectivity index (χ4v) is 6.83. The van der Waals surface area contributed by atoms with Gasteiger partial charge in [-0.1, -0.05) is 17.4 Å². The van der Waals surface area contributed by atoms with Crippen LogP contribution < -0.4 is 16.0 Å². The number of anilines is 3. The van der Waals surface area contributed by atoms with Crippen molar-refractivity contribution in [3.05, 3.63) is 58.6 Å². The maximum atomic E-state index is 14.1. The number of hydrogen-bond acceptors (Lipinski definition) is 10. The number of piperidine rings is 1. The number of nitrogens with two attached hydrogens (primary N) is 1. The van der Waals surface area contributed by atoms with Crippen LogP contribution >= 0.6 is 11.3 Å². The number of carbonyl (C=O) groups is 1. The van der Waals surface area contributed by atoms with Gasteiger partial charge in [0.1, 0.15) is 33.0 Å². The van der Waals surface area contributed by atoms with Crippen LogP contribution in [-0.4, -0.2) is 66.0 Å². The van der Waals surface area contributed by atoms with Gasteiger partial charge in [0.15, 0.2) is 5.13 Å². The number of aliphatic imine (C=N–C) groups is 1. The van der Waals surface area contributed by atoms with Crippen molar-refractivity contribution in [1.29, 1.82) is 0 Å². The number of nitrogens with one attached hydrogen (secondary N) is 1. The minimum absolute atomic E-state index is 0.0683. The first kappa shape index (κ1) is 27.1. The summed E-state index contributed by atoms with van der Waals surface area (Å²) < 4.78 is 56.0. The molecule has 0 amide bonds. The second kappa shape index (κ2) is 10.2. The van der Waals surface area contributed by atoms with Crippen molar-refractivity contribution in [1.82, 2.24) is 14.3 Å². The fourth-order valence-electron chi connectivity index (χ4n) is 4.51. The summed E-state index contributed by atoms with van der Waals surface area (Å²) in [6.07, 6.45) is 4.04. The van der Waals surface area contributed by atoms with Crippen molar-refractivity contribution in [3.8, 4) is 0 Å². The molecule has 2 aromatic heterocycles. The van der Waals surface area contributed by atoms with Gasteiger partial charge in [0.2, 0.25) is 15.8 Å². The Kier molecular flexibility index (Phi) is 7.11. The number of sulfonamides is 1. The lowest BCUT2D eigenvalue weighted by Gasteiger charge is -2.31. The molecule has 0 spiro atoms. The van der Waals surface area contributed by atoms with Crippen LogP contribution in [0.5, 0.6) is 0 Å². The molecule has 2 aliphatic heterocycles. The third-order valence-electron chi connectivity index (χ3n) is 6.59. The van der Waals surface area contributed by atoms with Crippen LogP contribution in [0.15, 0.2) is 46.4 Å². The maximum absolute atomic E-state index is 14.1. The summed E-state index contributed by atoms with van der Waals surface area (Å²) in [5.74, 6) is -2.33. The number of thiazole rings is 1. The van der Waals surface area contributed by atoms with Gasteiger partial charge in [0.25, 0.3) is 0 Å². The van der Waals surface area contributed by atoms with Crippen molar-refractivity contribution in [2.24, 2.45) is 4.99 Å². The van der Waals surface area contributed by atoms with Crippen LogP contribution in [0.4, 0.5) is 25.5 Å². The van der Waals surface area contributed by atoms with Gasteiger partial charge in [-0.3, -0.25) is 9.79 Å². The van der Waals surface area contributed by atoms with E-state index in [0.29, 0.717) is 30.3 Å². The molecule has 5 rings (SSSR count). The number of ketones is 1. The molecule has 0 unspecified atom stereocenters. The summed E-state index contributed by atoms with van der Waals surface area (Å²) in [5.41, 5.74) is 4.98. The summed E-state index contributed by atoms with van der Waals surface area (Å²) in [6, 6.07) is 6.27. The molecule has 4 heterocycles. The van der Waals surface area contributed by atoms with Crippen LogP contribution in [0.1, 0.15) is 41.9 Å². The number of pyridine rings is 1. The SMILES string of the molecule is CC1(C)CN(c2ccc(S(=O)(=O)N3CCC(Nc4nc(N)c(C(=O)c5c(F)cccc5F)s4)CC3)cn2)C=N1. The zero-order valence-corrected chi connectivity index (χ0v) is 22.9. The van der Waals surface area contributed by atoms with Gasteiger partial charge >= 0.3 is 0 Å². The second-order valence-corrected chi connectivity index (χ2v) is 13.0. The Hall–Kier alpha value is -3.49. The third kappa shape index (κ3) is 5.49. The van der Waals surface area contributed by atoms with E-state index >= 15 is 0 Å². The molecule has 14 heteroatoms. The number of hydrogen-bond donors (Lipinski definition) is 2. The average molecular weight is 576 g/mol. The molecule has 0 saturated carbocycles. The normalized spacial score (nSPS) is 18.0. The van der Waals surface area contributed by atoms with E-state index in [-0.39, 0.29) is 40.3 Å². The molecule has 2 aliphatic rings. The number of nitrogen functional groups attached to an aromatic ring is 1. The molecule has 3 aromatic rings. The topological polar surface area (TPSA) is 134 Å². The first-order valence-corrected chi connectivity index (χ1v) is 14.5. The Balaban J connectivity index is 1.21. The van der Waals surface area contributed by atoms with Crippen LogP contribution in [0.2, 0.25) is 0 Å². The molecule has 1 saturated heterocycles. The first-order valence-electron chi connectivity index (χ1n) is 12.2. The summed E-state index contributed by atoms with van der Waals surface area (Å²) in [6.45, 7) is 5.21. The largest absolute Gasteiger partial charge is 0.382 e. The highest BCUT2D eigenvalue weighted by Gasteiger charge is 2.32. The van der Waals surface area contributed by atoms with Gasteiger partial charge < -0.3 is 16.0 Å². The van der Waals surface area contributed by atoms with Crippen molar-refractivity contribution < 1.29 is 22.0 Å². The monoisotopic (exact) mass is 575 g/mol. The van der Waals surface area contributed by atoms with E-state index in [2.05, 4.69) is 20.3 Å². The van der Waals surface area contributed by atoms with E-state index in [1.54, 1.807) is 18.5 Å². The van der Waals surface area contributed by atoms with Gasteiger partial charge in [-0.25, -0.2) is 27.2 Å². The first-order chi connectivity index (χ1) is 18.4. The van der Waals surface area contributed by atoms with Crippen molar-refractivity contribution in [3.63, 3.8) is 0 Å². The average Bonchev–Trinajstić information content (AvgIpc) is 3.45. The lowest BCUT2D eigenvalue weighted by molar-refractivity contribution is 0.103. The molecular weight excluding hydrogens is 548 g/mol. The smallest absolute Gasteiger partial charge is 0.244 e. The van der Waals surface area contributed by atoms with Gasteiger partial charge in [-0.2, -0.15) is 4.31 Å². The highest BCUT2D eigenvalue weighted by atomic mass is 32.2. The number of halogens is 2. The molecule has 0 bridgehead atoms. The van der Waals surface area contributed by atoms with E-state index < -0.39 is 33.0 Å². The Morgan fingerprint density at radius 2 is 1.85 bits per heavy atom. The molecule has 3 N–H and O–H groups in total. The van der Waals surface area contributed by atoms with E-state index in [9.17, 15) is 22.0 Å². The molecule has 1 fully saturated rings. The predicted molar refractivity (Wildman–Crippen MR) is 146 cm³/mol. The van der Waals surface area contributed by atoms with E-state index in [1.165, 1.54) is 16.6 Å². The Morgan fingerprint density at radius 1 is 1.15 bits per heavy atom. The zero-order valence-electron chi connectivity index (χ0n) is 21.3. The maximum Gasteiger partial charge on any atom is 0.244 e. The van der Waals surface area contributed by atoms with Crippen molar-refractivity contribution in [2.75, 3.05) is 35.6 Å². The van der Waals surface area contributed by atoms with Gasteiger partial charge in [0, 0.05) is 25.3 Å². The number of rotatable bonds is 7. The van der Waals surface area contributed by atoms with Gasteiger partial charge in [-0.05, 0) is 51.0 Å².